The second-order valence-corrected chi connectivity index (χ2v) is 6.83. The Balaban J connectivity index is 1.42. The van der Waals surface area contributed by atoms with Gasteiger partial charge in [-0.25, -0.2) is 9.78 Å². The molecule has 148 valence electrons. The zero-order valence-corrected chi connectivity index (χ0v) is 16.0. The number of amides is 1. The first-order valence-electron chi connectivity index (χ1n) is 9.41. The lowest BCUT2D eigenvalue weighted by molar-refractivity contribution is 0.0947. The quantitative estimate of drug-likeness (QED) is 0.503. The van der Waals surface area contributed by atoms with Crippen LogP contribution in [0.4, 0.5) is 0 Å². The number of aryl methyl sites for hydroxylation is 3. The molecule has 0 atom stereocenters. The fraction of sp³-hybridized carbons (Fsp3) is 0.238. The highest BCUT2D eigenvalue weighted by Gasteiger charge is 2.17. The molecule has 0 saturated carbocycles. The number of para-hydroxylation sites is 1. The van der Waals surface area contributed by atoms with Gasteiger partial charge in [0.1, 0.15) is 24.0 Å². The zero-order chi connectivity index (χ0) is 20.2. The first kappa shape index (κ1) is 18.7. The van der Waals surface area contributed by atoms with Gasteiger partial charge in [-0.15, -0.1) is 0 Å². The maximum atomic E-state index is 12.4. The third-order valence-electron chi connectivity index (χ3n) is 4.84. The van der Waals surface area contributed by atoms with Crippen molar-refractivity contribution in [1.82, 2.24) is 25.1 Å². The van der Waals surface area contributed by atoms with Crippen LogP contribution in [0.5, 0.6) is 0 Å². The normalized spacial score (nSPS) is 11.1. The van der Waals surface area contributed by atoms with Crippen LogP contribution in [0.15, 0.2) is 58.4 Å². The van der Waals surface area contributed by atoms with E-state index >= 15 is 0 Å². The molecular formula is C21H21N5O3. The summed E-state index contributed by atoms with van der Waals surface area (Å²) in [7, 11) is 0. The third kappa shape index (κ3) is 4.11. The highest BCUT2D eigenvalue weighted by atomic mass is 16.4. The van der Waals surface area contributed by atoms with E-state index in [4.69, 9.17) is 4.42 Å². The largest absolute Gasteiger partial charge is 0.427 e. The summed E-state index contributed by atoms with van der Waals surface area (Å²) in [4.78, 5) is 31.9. The number of benzene rings is 1. The van der Waals surface area contributed by atoms with Crippen LogP contribution in [0.3, 0.4) is 0 Å². The zero-order valence-electron chi connectivity index (χ0n) is 16.0. The van der Waals surface area contributed by atoms with E-state index in [1.54, 1.807) is 24.0 Å². The lowest BCUT2D eigenvalue weighted by Crippen LogP contribution is -2.32. The SMILES string of the molecule is Cc1cc(CCc2c[nH]c3ccccc23)oc(=O)c1C(=O)NCCn1cncn1. The predicted molar refractivity (Wildman–Crippen MR) is 108 cm³/mol. The number of aromatic amines is 1. The van der Waals surface area contributed by atoms with Gasteiger partial charge in [0.05, 0.1) is 6.54 Å². The second kappa shape index (κ2) is 8.14. The summed E-state index contributed by atoms with van der Waals surface area (Å²) in [6.45, 7) is 2.56. The molecule has 0 radical (unpaired) electrons. The molecule has 0 aliphatic carbocycles. The number of hydrogen-bond acceptors (Lipinski definition) is 5. The van der Waals surface area contributed by atoms with Crippen molar-refractivity contribution in [3.63, 3.8) is 0 Å². The molecule has 4 rings (SSSR count). The van der Waals surface area contributed by atoms with Crippen molar-refractivity contribution in [3.05, 3.63) is 82.1 Å². The first-order valence-corrected chi connectivity index (χ1v) is 9.41. The summed E-state index contributed by atoms with van der Waals surface area (Å²) in [6, 6.07) is 9.85. The van der Waals surface area contributed by atoms with Gasteiger partial charge in [0, 0.05) is 30.1 Å². The summed E-state index contributed by atoms with van der Waals surface area (Å²) in [5, 5.41) is 7.85. The van der Waals surface area contributed by atoms with Crippen molar-refractivity contribution in [2.75, 3.05) is 6.54 Å². The minimum absolute atomic E-state index is 0.0411. The van der Waals surface area contributed by atoms with Gasteiger partial charge in [0.2, 0.25) is 0 Å². The number of nitrogens with one attached hydrogen (secondary N) is 2. The minimum atomic E-state index is -0.614. The summed E-state index contributed by atoms with van der Waals surface area (Å²) in [5.41, 5.74) is 2.28. The Morgan fingerprint density at radius 2 is 2.14 bits per heavy atom. The Kier molecular flexibility index (Phi) is 5.24. The van der Waals surface area contributed by atoms with Gasteiger partial charge in [-0.3, -0.25) is 9.48 Å². The summed E-state index contributed by atoms with van der Waals surface area (Å²) >= 11 is 0. The predicted octanol–water partition coefficient (Wildman–Crippen LogP) is 2.24. The topological polar surface area (TPSA) is 106 Å². The molecule has 0 aliphatic heterocycles. The highest BCUT2D eigenvalue weighted by Crippen LogP contribution is 2.19. The monoisotopic (exact) mass is 391 g/mol. The van der Waals surface area contributed by atoms with Crippen LogP contribution >= 0.6 is 0 Å². The van der Waals surface area contributed by atoms with Gasteiger partial charge in [-0.1, -0.05) is 18.2 Å². The molecule has 0 spiro atoms. The second-order valence-electron chi connectivity index (χ2n) is 6.83. The van der Waals surface area contributed by atoms with Gasteiger partial charge in [0.15, 0.2) is 0 Å². The molecular weight excluding hydrogens is 370 g/mol. The molecule has 3 heterocycles. The summed E-state index contributed by atoms with van der Waals surface area (Å²) < 4.78 is 7.02. The van der Waals surface area contributed by atoms with E-state index in [2.05, 4.69) is 26.4 Å². The van der Waals surface area contributed by atoms with Crippen LogP contribution in [0, 0.1) is 6.92 Å². The minimum Gasteiger partial charge on any atom is -0.427 e. The van der Waals surface area contributed by atoms with Crippen LogP contribution in [0.1, 0.15) is 27.2 Å². The lowest BCUT2D eigenvalue weighted by atomic mass is 10.1. The maximum absolute atomic E-state index is 12.4. The molecule has 2 N–H and O–H groups in total. The summed E-state index contributed by atoms with van der Waals surface area (Å²) in [6.07, 6.45) is 6.28. The number of fused-ring (bicyclic) bond motifs is 1. The van der Waals surface area contributed by atoms with Gasteiger partial charge < -0.3 is 14.7 Å². The molecule has 0 unspecified atom stereocenters. The number of H-pyrrole nitrogens is 1. The van der Waals surface area contributed by atoms with Crippen LogP contribution in [0.25, 0.3) is 10.9 Å². The van der Waals surface area contributed by atoms with E-state index in [0.29, 0.717) is 30.8 Å². The van der Waals surface area contributed by atoms with Crippen LogP contribution in [-0.4, -0.2) is 32.2 Å². The molecule has 0 saturated heterocycles. The Bertz CT molecular complexity index is 1190. The Labute approximate surface area is 166 Å². The summed E-state index contributed by atoms with van der Waals surface area (Å²) in [5.74, 6) is 0.122. The van der Waals surface area contributed by atoms with Crippen molar-refractivity contribution in [2.45, 2.75) is 26.3 Å². The van der Waals surface area contributed by atoms with Gasteiger partial charge in [0.25, 0.3) is 5.91 Å². The van der Waals surface area contributed by atoms with E-state index in [-0.39, 0.29) is 5.56 Å². The van der Waals surface area contributed by atoms with Gasteiger partial charge >= 0.3 is 5.63 Å². The number of hydrogen-bond donors (Lipinski definition) is 2. The average molecular weight is 391 g/mol. The van der Waals surface area contributed by atoms with E-state index in [1.807, 2.05) is 24.4 Å². The number of aromatic nitrogens is 4. The molecule has 29 heavy (non-hydrogen) atoms. The van der Waals surface area contributed by atoms with Crippen molar-refractivity contribution in [1.29, 1.82) is 0 Å². The molecule has 1 aromatic carbocycles. The maximum Gasteiger partial charge on any atom is 0.349 e. The number of carbonyl (C=O) groups excluding carboxylic acids is 1. The van der Waals surface area contributed by atoms with E-state index in [1.165, 1.54) is 6.33 Å². The highest BCUT2D eigenvalue weighted by molar-refractivity contribution is 5.95. The van der Waals surface area contributed by atoms with Crippen molar-refractivity contribution in [3.8, 4) is 0 Å². The van der Waals surface area contributed by atoms with Crippen LogP contribution in [0.2, 0.25) is 0 Å². The number of nitrogens with zero attached hydrogens (tertiary/aromatic N) is 3. The first-order chi connectivity index (χ1) is 14.1. The van der Waals surface area contributed by atoms with Crippen molar-refractivity contribution >= 4 is 16.8 Å². The van der Waals surface area contributed by atoms with Crippen LogP contribution < -0.4 is 10.9 Å². The molecule has 0 bridgehead atoms. The number of rotatable bonds is 7. The molecule has 0 aliphatic rings. The molecule has 8 heteroatoms. The van der Waals surface area contributed by atoms with Gasteiger partial charge in [-0.2, -0.15) is 5.10 Å². The van der Waals surface area contributed by atoms with Crippen molar-refractivity contribution in [2.24, 2.45) is 0 Å². The third-order valence-corrected chi connectivity index (χ3v) is 4.84. The molecule has 1 amide bonds. The van der Waals surface area contributed by atoms with E-state index in [9.17, 15) is 9.59 Å². The average Bonchev–Trinajstić information content (AvgIpc) is 3.36. The number of carbonyl (C=O) groups is 1. The van der Waals surface area contributed by atoms with Crippen molar-refractivity contribution < 1.29 is 9.21 Å². The molecule has 0 fully saturated rings. The molecule has 4 aromatic rings. The Hall–Kier alpha value is -3.68. The fourth-order valence-corrected chi connectivity index (χ4v) is 3.39. The van der Waals surface area contributed by atoms with Gasteiger partial charge in [-0.05, 0) is 36.6 Å². The molecule has 8 nitrogen and oxygen atoms in total. The standard InChI is InChI=1S/C21H21N5O3/c1-14-10-16(7-6-15-11-24-18-5-3-2-4-17(15)18)29-21(28)19(14)20(27)23-8-9-26-13-22-12-25-26/h2-5,10-13,24H,6-9H2,1H3,(H,23,27). The van der Waals surface area contributed by atoms with E-state index in [0.717, 1.165) is 22.9 Å². The Morgan fingerprint density at radius 3 is 2.93 bits per heavy atom. The van der Waals surface area contributed by atoms with Crippen LogP contribution in [-0.2, 0) is 19.4 Å². The van der Waals surface area contributed by atoms with E-state index < -0.39 is 11.5 Å². The fourth-order valence-electron chi connectivity index (χ4n) is 3.39. The molecule has 3 aromatic heterocycles. The lowest BCUT2D eigenvalue weighted by Gasteiger charge is -2.08. The smallest absolute Gasteiger partial charge is 0.349 e. The Morgan fingerprint density at radius 1 is 1.28 bits per heavy atom.